The molecule has 0 saturated carbocycles. The molecule has 108 valence electrons. The van der Waals surface area contributed by atoms with Gasteiger partial charge in [-0.25, -0.2) is 4.98 Å². The van der Waals surface area contributed by atoms with Gasteiger partial charge in [0.05, 0.1) is 6.04 Å². The first kappa shape index (κ1) is 15.7. The van der Waals surface area contributed by atoms with Crippen molar-refractivity contribution in [2.24, 2.45) is 11.7 Å². The predicted octanol–water partition coefficient (Wildman–Crippen LogP) is 1.46. The monoisotopic (exact) mass is 266 g/mol. The summed E-state index contributed by atoms with van der Waals surface area (Å²) in [5.74, 6) is 1.23. The second-order valence-corrected chi connectivity index (χ2v) is 5.08. The molecule has 0 saturated heterocycles. The molecule has 2 unspecified atom stereocenters. The van der Waals surface area contributed by atoms with E-state index in [1.54, 1.807) is 0 Å². The Morgan fingerprint density at radius 2 is 2.26 bits per heavy atom. The van der Waals surface area contributed by atoms with Crippen LogP contribution in [0.3, 0.4) is 0 Å². The fraction of sp³-hybridized carbons (Fsp3) is 0.714. The molecule has 0 bridgehead atoms. The molecule has 5 nitrogen and oxygen atoms in total. The van der Waals surface area contributed by atoms with Crippen LogP contribution in [0.1, 0.15) is 38.9 Å². The van der Waals surface area contributed by atoms with Gasteiger partial charge in [-0.3, -0.25) is 4.79 Å². The molecule has 2 atom stereocenters. The molecule has 19 heavy (non-hydrogen) atoms. The van der Waals surface area contributed by atoms with Crippen molar-refractivity contribution in [3.8, 4) is 0 Å². The van der Waals surface area contributed by atoms with Crippen LogP contribution >= 0.6 is 0 Å². The topological polar surface area (TPSA) is 72.9 Å². The van der Waals surface area contributed by atoms with E-state index in [4.69, 9.17) is 5.73 Å². The molecule has 0 aliphatic carbocycles. The molecule has 1 aromatic heterocycles. The summed E-state index contributed by atoms with van der Waals surface area (Å²) < 4.78 is 2.12. The third-order valence-electron chi connectivity index (χ3n) is 3.61. The number of hydrogen-bond acceptors (Lipinski definition) is 3. The van der Waals surface area contributed by atoms with E-state index in [0.717, 1.165) is 31.6 Å². The van der Waals surface area contributed by atoms with Crippen LogP contribution < -0.4 is 11.1 Å². The minimum absolute atomic E-state index is 0.0341. The summed E-state index contributed by atoms with van der Waals surface area (Å²) in [6.45, 7) is 7.68. The lowest BCUT2D eigenvalue weighted by molar-refractivity contribution is -0.123. The SMILES string of the molecule is CCC(C)C(N)C(=O)NCCCCn1ccnc1C. The Hall–Kier alpha value is -1.36. The fourth-order valence-corrected chi connectivity index (χ4v) is 1.89. The minimum Gasteiger partial charge on any atom is -0.355 e. The largest absolute Gasteiger partial charge is 0.355 e. The van der Waals surface area contributed by atoms with E-state index in [-0.39, 0.29) is 17.9 Å². The van der Waals surface area contributed by atoms with E-state index in [2.05, 4.69) is 14.9 Å². The molecular weight excluding hydrogens is 240 g/mol. The maximum absolute atomic E-state index is 11.7. The standard InChI is InChI=1S/C14H26N4O/c1-4-11(2)13(15)14(19)17-7-5-6-9-18-10-8-16-12(18)3/h8,10-11,13H,4-7,9,15H2,1-3H3,(H,17,19). The normalized spacial score (nSPS) is 14.1. The third-order valence-corrected chi connectivity index (χ3v) is 3.61. The molecule has 0 aliphatic rings. The van der Waals surface area contributed by atoms with E-state index >= 15 is 0 Å². The highest BCUT2D eigenvalue weighted by atomic mass is 16.2. The van der Waals surface area contributed by atoms with Gasteiger partial charge in [0.15, 0.2) is 0 Å². The van der Waals surface area contributed by atoms with E-state index in [1.807, 2.05) is 33.2 Å². The predicted molar refractivity (Wildman–Crippen MR) is 76.6 cm³/mol. The van der Waals surface area contributed by atoms with Gasteiger partial charge in [-0.1, -0.05) is 20.3 Å². The van der Waals surface area contributed by atoms with E-state index in [0.29, 0.717) is 6.54 Å². The molecule has 0 aromatic carbocycles. The van der Waals surface area contributed by atoms with Crippen LogP contribution in [0.15, 0.2) is 12.4 Å². The van der Waals surface area contributed by atoms with Crippen LogP contribution in [0.25, 0.3) is 0 Å². The molecule has 1 heterocycles. The first-order valence-corrected chi connectivity index (χ1v) is 7.07. The highest BCUT2D eigenvalue weighted by Crippen LogP contribution is 2.05. The Bertz CT molecular complexity index is 389. The van der Waals surface area contributed by atoms with Crippen molar-refractivity contribution < 1.29 is 4.79 Å². The van der Waals surface area contributed by atoms with Crippen molar-refractivity contribution in [3.63, 3.8) is 0 Å². The highest BCUT2D eigenvalue weighted by Gasteiger charge is 2.18. The van der Waals surface area contributed by atoms with Crippen LogP contribution in [0.2, 0.25) is 0 Å². The number of amides is 1. The summed E-state index contributed by atoms with van der Waals surface area (Å²) in [6, 6.07) is -0.388. The molecular formula is C14H26N4O. The molecule has 1 aromatic rings. The number of carbonyl (C=O) groups is 1. The molecule has 0 radical (unpaired) electrons. The first-order valence-electron chi connectivity index (χ1n) is 7.07. The maximum Gasteiger partial charge on any atom is 0.237 e. The fourth-order valence-electron chi connectivity index (χ4n) is 1.89. The highest BCUT2D eigenvalue weighted by molar-refractivity contribution is 5.81. The van der Waals surface area contributed by atoms with Gasteiger partial charge in [-0.05, 0) is 25.7 Å². The Morgan fingerprint density at radius 1 is 1.53 bits per heavy atom. The Balaban J connectivity index is 2.14. The van der Waals surface area contributed by atoms with Gasteiger partial charge in [0, 0.05) is 25.5 Å². The number of nitrogens with zero attached hydrogens (tertiary/aromatic N) is 2. The Kier molecular flexibility index (Phi) is 6.56. The van der Waals surface area contributed by atoms with Crippen LogP contribution in [-0.2, 0) is 11.3 Å². The third kappa shape index (κ3) is 5.03. The van der Waals surface area contributed by atoms with Crippen molar-refractivity contribution in [2.75, 3.05) is 6.54 Å². The number of imidazole rings is 1. The van der Waals surface area contributed by atoms with Crippen molar-refractivity contribution in [3.05, 3.63) is 18.2 Å². The van der Waals surface area contributed by atoms with Crippen LogP contribution in [0.5, 0.6) is 0 Å². The van der Waals surface area contributed by atoms with Crippen molar-refractivity contribution >= 4 is 5.91 Å². The molecule has 0 fully saturated rings. The summed E-state index contributed by atoms with van der Waals surface area (Å²) in [4.78, 5) is 15.9. The van der Waals surface area contributed by atoms with E-state index in [1.165, 1.54) is 0 Å². The van der Waals surface area contributed by atoms with E-state index in [9.17, 15) is 4.79 Å². The number of nitrogens with one attached hydrogen (secondary N) is 1. The number of unbranched alkanes of at least 4 members (excludes halogenated alkanes) is 1. The van der Waals surface area contributed by atoms with E-state index < -0.39 is 0 Å². The first-order chi connectivity index (χ1) is 9.06. The van der Waals surface area contributed by atoms with Crippen LogP contribution in [-0.4, -0.2) is 28.0 Å². The summed E-state index contributed by atoms with van der Waals surface area (Å²) >= 11 is 0. The average Bonchev–Trinajstić information content (AvgIpc) is 2.82. The van der Waals surface area contributed by atoms with Crippen LogP contribution in [0, 0.1) is 12.8 Å². The van der Waals surface area contributed by atoms with Crippen molar-refractivity contribution in [2.45, 2.75) is 52.6 Å². The van der Waals surface area contributed by atoms with Gasteiger partial charge in [-0.15, -0.1) is 0 Å². The number of aromatic nitrogens is 2. The summed E-state index contributed by atoms with van der Waals surface area (Å²) in [5, 5.41) is 2.90. The summed E-state index contributed by atoms with van der Waals surface area (Å²) in [7, 11) is 0. The lowest BCUT2D eigenvalue weighted by Gasteiger charge is -2.17. The van der Waals surface area contributed by atoms with Gasteiger partial charge in [0.25, 0.3) is 0 Å². The summed E-state index contributed by atoms with van der Waals surface area (Å²) in [6.07, 6.45) is 6.69. The average molecular weight is 266 g/mol. The quantitative estimate of drug-likeness (QED) is 0.700. The van der Waals surface area contributed by atoms with Gasteiger partial charge < -0.3 is 15.6 Å². The molecule has 1 rings (SSSR count). The lowest BCUT2D eigenvalue weighted by Crippen LogP contribution is -2.44. The maximum atomic E-state index is 11.7. The molecule has 5 heteroatoms. The summed E-state index contributed by atoms with van der Waals surface area (Å²) in [5.41, 5.74) is 5.86. The Morgan fingerprint density at radius 3 is 2.84 bits per heavy atom. The second-order valence-electron chi connectivity index (χ2n) is 5.08. The van der Waals surface area contributed by atoms with Crippen molar-refractivity contribution in [1.82, 2.24) is 14.9 Å². The molecule has 0 aliphatic heterocycles. The number of hydrogen-bond donors (Lipinski definition) is 2. The number of nitrogens with two attached hydrogens (primary N) is 1. The number of carbonyl (C=O) groups excluding carboxylic acids is 1. The van der Waals surface area contributed by atoms with Crippen LogP contribution in [0.4, 0.5) is 0 Å². The van der Waals surface area contributed by atoms with Gasteiger partial charge >= 0.3 is 0 Å². The lowest BCUT2D eigenvalue weighted by atomic mass is 9.99. The number of aryl methyl sites for hydroxylation is 2. The number of rotatable bonds is 8. The van der Waals surface area contributed by atoms with Crippen molar-refractivity contribution in [1.29, 1.82) is 0 Å². The minimum atomic E-state index is -0.388. The van der Waals surface area contributed by atoms with Gasteiger partial charge in [-0.2, -0.15) is 0 Å². The van der Waals surface area contributed by atoms with Gasteiger partial charge in [0.2, 0.25) is 5.91 Å². The Labute approximate surface area is 115 Å². The zero-order valence-corrected chi connectivity index (χ0v) is 12.2. The zero-order valence-electron chi connectivity index (χ0n) is 12.2. The smallest absolute Gasteiger partial charge is 0.237 e. The second kappa shape index (κ2) is 7.94. The molecule has 3 N–H and O–H groups in total. The zero-order chi connectivity index (χ0) is 14.3. The molecule has 1 amide bonds. The van der Waals surface area contributed by atoms with Gasteiger partial charge in [0.1, 0.15) is 5.82 Å². The molecule has 0 spiro atoms.